The summed E-state index contributed by atoms with van der Waals surface area (Å²) in [6, 6.07) is 9.46. The van der Waals surface area contributed by atoms with Gasteiger partial charge in [-0.2, -0.15) is 0 Å². The topological polar surface area (TPSA) is 63.2 Å². The predicted octanol–water partition coefficient (Wildman–Crippen LogP) is 1.47. The standard InChI is InChI=1S/C13H17NO3S2/c1-10(18-12-5-3-2-4-6-12)13(15)14-11-7-8-19(16,17)9-11/h2-6,10-11H,7-9H2,1H3,(H,14,15)/t10-,11-/m0/s1. The molecular weight excluding hydrogens is 282 g/mol. The lowest BCUT2D eigenvalue weighted by Gasteiger charge is -2.15. The molecule has 1 aliphatic rings. The molecule has 1 aromatic carbocycles. The van der Waals surface area contributed by atoms with Gasteiger partial charge in [-0.25, -0.2) is 8.42 Å². The maximum absolute atomic E-state index is 12.0. The van der Waals surface area contributed by atoms with Crippen molar-refractivity contribution in [2.45, 2.75) is 29.5 Å². The number of thioether (sulfide) groups is 1. The van der Waals surface area contributed by atoms with Crippen molar-refractivity contribution in [3.8, 4) is 0 Å². The molecule has 19 heavy (non-hydrogen) atoms. The van der Waals surface area contributed by atoms with Crippen molar-refractivity contribution in [1.82, 2.24) is 5.32 Å². The Balaban J connectivity index is 1.86. The van der Waals surface area contributed by atoms with E-state index in [1.54, 1.807) is 0 Å². The zero-order chi connectivity index (χ0) is 13.9. The van der Waals surface area contributed by atoms with E-state index >= 15 is 0 Å². The lowest BCUT2D eigenvalue weighted by molar-refractivity contribution is -0.120. The minimum atomic E-state index is -2.95. The van der Waals surface area contributed by atoms with Gasteiger partial charge in [-0.15, -0.1) is 11.8 Å². The van der Waals surface area contributed by atoms with E-state index in [-0.39, 0.29) is 28.7 Å². The Kier molecular flexibility index (Phi) is 4.52. The molecule has 0 radical (unpaired) electrons. The SMILES string of the molecule is C[C@H](Sc1ccccc1)C(=O)N[C@H]1CCS(=O)(=O)C1. The van der Waals surface area contributed by atoms with Gasteiger partial charge in [0.05, 0.1) is 16.8 Å². The van der Waals surface area contributed by atoms with Crippen LogP contribution < -0.4 is 5.32 Å². The summed E-state index contributed by atoms with van der Waals surface area (Å²) < 4.78 is 22.7. The average molecular weight is 299 g/mol. The van der Waals surface area contributed by atoms with Gasteiger partial charge in [0.25, 0.3) is 0 Å². The van der Waals surface area contributed by atoms with E-state index in [0.717, 1.165) is 4.90 Å². The Labute approximate surface area is 117 Å². The van der Waals surface area contributed by atoms with Crippen LogP contribution in [0.15, 0.2) is 35.2 Å². The van der Waals surface area contributed by atoms with Crippen molar-refractivity contribution in [3.05, 3.63) is 30.3 Å². The highest BCUT2D eigenvalue weighted by Crippen LogP contribution is 2.23. The van der Waals surface area contributed by atoms with Crippen molar-refractivity contribution in [1.29, 1.82) is 0 Å². The number of nitrogens with one attached hydrogen (secondary N) is 1. The zero-order valence-electron chi connectivity index (χ0n) is 10.7. The summed E-state index contributed by atoms with van der Waals surface area (Å²) in [7, 11) is -2.95. The van der Waals surface area contributed by atoms with Gasteiger partial charge in [0, 0.05) is 10.9 Å². The largest absolute Gasteiger partial charge is 0.351 e. The Morgan fingerprint density at radius 3 is 2.63 bits per heavy atom. The molecule has 1 aliphatic heterocycles. The second-order valence-electron chi connectivity index (χ2n) is 4.68. The molecule has 1 amide bonds. The second-order valence-corrected chi connectivity index (χ2v) is 8.32. The third-order valence-corrected chi connectivity index (χ3v) is 5.88. The van der Waals surface area contributed by atoms with E-state index in [4.69, 9.17) is 0 Å². The van der Waals surface area contributed by atoms with Gasteiger partial charge in [0.15, 0.2) is 9.84 Å². The van der Waals surface area contributed by atoms with Crippen LogP contribution >= 0.6 is 11.8 Å². The molecular formula is C13H17NO3S2. The quantitative estimate of drug-likeness (QED) is 0.855. The van der Waals surface area contributed by atoms with Crippen LogP contribution in [-0.4, -0.2) is 37.1 Å². The predicted molar refractivity (Wildman–Crippen MR) is 77.0 cm³/mol. The number of rotatable bonds is 4. The number of hydrogen-bond donors (Lipinski definition) is 1. The molecule has 0 bridgehead atoms. The van der Waals surface area contributed by atoms with Crippen LogP contribution in [0.5, 0.6) is 0 Å². The van der Waals surface area contributed by atoms with E-state index in [1.807, 2.05) is 37.3 Å². The Hall–Kier alpha value is -1.01. The minimum absolute atomic E-state index is 0.0709. The number of benzene rings is 1. The molecule has 1 saturated heterocycles. The fraction of sp³-hybridized carbons (Fsp3) is 0.462. The van der Waals surface area contributed by atoms with E-state index in [1.165, 1.54) is 11.8 Å². The molecule has 0 aliphatic carbocycles. The third kappa shape index (κ3) is 4.24. The summed E-state index contributed by atoms with van der Waals surface area (Å²) in [5.41, 5.74) is 0. The van der Waals surface area contributed by atoms with Crippen molar-refractivity contribution >= 4 is 27.5 Å². The molecule has 1 N–H and O–H groups in total. The van der Waals surface area contributed by atoms with E-state index in [9.17, 15) is 13.2 Å². The lowest BCUT2D eigenvalue weighted by Crippen LogP contribution is -2.39. The molecule has 4 nitrogen and oxygen atoms in total. The van der Waals surface area contributed by atoms with Crippen molar-refractivity contribution in [3.63, 3.8) is 0 Å². The first-order valence-corrected chi connectivity index (χ1v) is 8.89. The van der Waals surface area contributed by atoms with Gasteiger partial charge in [-0.3, -0.25) is 4.79 Å². The summed E-state index contributed by atoms with van der Waals surface area (Å²) >= 11 is 1.47. The Bertz CT molecular complexity index is 542. The van der Waals surface area contributed by atoms with Crippen molar-refractivity contribution < 1.29 is 13.2 Å². The maximum atomic E-state index is 12.0. The number of amides is 1. The normalized spacial score (nSPS) is 22.9. The van der Waals surface area contributed by atoms with Crippen LogP contribution in [0.2, 0.25) is 0 Å². The fourth-order valence-corrected chi connectivity index (χ4v) is 4.56. The Morgan fingerprint density at radius 1 is 1.37 bits per heavy atom. The highest BCUT2D eigenvalue weighted by atomic mass is 32.2. The number of sulfone groups is 1. The third-order valence-electron chi connectivity index (χ3n) is 3.00. The molecule has 2 rings (SSSR count). The van der Waals surface area contributed by atoms with Gasteiger partial charge < -0.3 is 5.32 Å². The number of carbonyl (C=O) groups is 1. The Morgan fingerprint density at radius 2 is 2.05 bits per heavy atom. The first-order valence-electron chi connectivity index (χ1n) is 6.19. The van der Waals surface area contributed by atoms with Gasteiger partial charge in [-0.05, 0) is 25.5 Å². The number of hydrogen-bond acceptors (Lipinski definition) is 4. The molecule has 1 aromatic rings. The first-order chi connectivity index (χ1) is 8.96. The van der Waals surface area contributed by atoms with E-state index in [0.29, 0.717) is 6.42 Å². The monoisotopic (exact) mass is 299 g/mol. The molecule has 0 aromatic heterocycles. The van der Waals surface area contributed by atoms with Crippen LogP contribution in [-0.2, 0) is 14.6 Å². The highest BCUT2D eigenvalue weighted by molar-refractivity contribution is 8.00. The van der Waals surface area contributed by atoms with Crippen LogP contribution in [0.4, 0.5) is 0 Å². The molecule has 0 unspecified atom stereocenters. The summed E-state index contributed by atoms with van der Waals surface area (Å²) in [6.07, 6.45) is 0.525. The van der Waals surface area contributed by atoms with Crippen LogP contribution in [0.1, 0.15) is 13.3 Å². The average Bonchev–Trinajstić information content (AvgIpc) is 2.70. The summed E-state index contributed by atoms with van der Waals surface area (Å²) in [6.45, 7) is 1.83. The molecule has 2 atom stereocenters. The van der Waals surface area contributed by atoms with E-state index < -0.39 is 9.84 Å². The van der Waals surface area contributed by atoms with Crippen molar-refractivity contribution in [2.75, 3.05) is 11.5 Å². The molecule has 0 saturated carbocycles. The van der Waals surface area contributed by atoms with Crippen molar-refractivity contribution in [2.24, 2.45) is 0 Å². The molecule has 1 fully saturated rings. The van der Waals surface area contributed by atoms with Gasteiger partial charge in [0.2, 0.25) is 5.91 Å². The summed E-state index contributed by atoms with van der Waals surface area (Å²) in [5, 5.41) is 2.58. The van der Waals surface area contributed by atoms with Gasteiger partial charge in [0.1, 0.15) is 0 Å². The highest BCUT2D eigenvalue weighted by Gasteiger charge is 2.30. The van der Waals surface area contributed by atoms with Crippen LogP contribution in [0.25, 0.3) is 0 Å². The minimum Gasteiger partial charge on any atom is -0.351 e. The molecule has 104 valence electrons. The zero-order valence-corrected chi connectivity index (χ0v) is 12.3. The first kappa shape index (κ1) is 14.4. The number of carbonyl (C=O) groups excluding carboxylic acids is 1. The summed E-state index contributed by atoms with van der Waals surface area (Å²) in [4.78, 5) is 13.0. The molecule has 6 heteroatoms. The smallest absolute Gasteiger partial charge is 0.233 e. The maximum Gasteiger partial charge on any atom is 0.233 e. The molecule has 0 spiro atoms. The lowest BCUT2D eigenvalue weighted by atomic mass is 10.2. The fourth-order valence-electron chi connectivity index (χ4n) is 1.98. The van der Waals surface area contributed by atoms with Gasteiger partial charge in [-0.1, -0.05) is 18.2 Å². The van der Waals surface area contributed by atoms with E-state index in [2.05, 4.69) is 5.32 Å². The summed E-state index contributed by atoms with van der Waals surface area (Å²) in [5.74, 6) is 0.149. The molecule has 1 heterocycles. The second kappa shape index (κ2) is 5.96. The van der Waals surface area contributed by atoms with Crippen LogP contribution in [0, 0.1) is 0 Å². The van der Waals surface area contributed by atoms with Gasteiger partial charge >= 0.3 is 0 Å². The van der Waals surface area contributed by atoms with Crippen LogP contribution in [0.3, 0.4) is 0 Å².